The lowest BCUT2D eigenvalue weighted by molar-refractivity contribution is 0.100. The Balaban J connectivity index is 1.96. The van der Waals surface area contributed by atoms with Crippen LogP contribution in [0.2, 0.25) is 0 Å². The second-order valence-electron chi connectivity index (χ2n) is 5.77. The van der Waals surface area contributed by atoms with E-state index in [9.17, 15) is 5.11 Å². The molecule has 1 fully saturated rings. The van der Waals surface area contributed by atoms with Gasteiger partial charge < -0.3 is 5.11 Å². The Kier molecular flexibility index (Phi) is 4.69. The highest BCUT2D eigenvalue weighted by molar-refractivity contribution is 5.29. The molecule has 1 aliphatic heterocycles. The van der Waals surface area contributed by atoms with Gasteiger partial charge in [-0.25, -0.2) is 0 Å². The number of piperidine rings is 1. The van der Waals surface area contributed by atoms with Crippen molar-refractivity contribution in [2.75, 3.05) is 19.7 Å². The standard InChI is InChI=1S/C19H23NO/c21-15-14-20-13-7-12-18(16-8-3-1-4-9-16)19(20)17-10-5-2-6-11-17/h1-6,8-11,18-19,21H,7,12-15H2/t18-,19+/m0/s1. The average Bonchev–Trinajstić information content (AvgIpc) is 2.56. The fourth-order valence-electron chi connectivity index (χ4n) is 3.59. The van der Waals surface area contributed by atoms with Gasteiger partial charge in [-0.3, -0.25) is 4.90 Å². The van der Waals surface area contributed by atoms with Crippen LogP contribution in [0.25, 0.3) is 0 Å². The highest BCUT2D eigenvalue weighted by Gasteiger charge is 2.32. The van der Waals surface area contributed by atoms with Crippen molar-refractivity contribution in [1.29, 1.82) is 0 Å². The number of hydrogen-bond donors (Lipinski definition) is 1. The second kappa shape index (κ2) is 6.88. The summed E-state index contributed by atoms with van der Waals surface area (Å²) < 4.78 is 0. The second-order valence-corrected chi connectivity index (χ2v) is 5.77. The molecule has 0 bridgehead atoms. The van der Waals surface area contributed by atoms with E-state index < -0.39 is 0 Å². The van der Waals surface area contributed by atoms with Crippen molar-refractivity contribution in [2.45, 2.75) is 24.8 Å². The summed E-state index contributed by atoms with van der Waals surface area (Å²) in [6, 6.07) is 21.9. The van der Waals surface area contributed by atoms with Crippen LogP contribution in [0.3, 0.4) is 0 Å². The maximum atomic E-state index is 9.40. The zero-order valence-electron chi connectivity index (χ0n) is 12.4. The van der Waals surface area contributed by atoms with E-state index >= 15 is 0 Å². The van der Waals surface area contributed by atoms with Crippen LogP contribution in [0.5, 0.6) is 0 Å². The average molecular weight is 281 g/mol. The Morgan fingerprint density at radius 2 is 1.52 bits per heavy atom. The first-order valence-corrected chi connectivity index (χ1v) is 7.85. The Labute approximate surface area is 127 Å². The van der Waals surface area contributed by atoms with Gasteiger partial charge in [0.25, 0.3) is 0 Å². The summed E-state index contributed by atoms with van der Waals surface area (Å²) in [5, 5.41) is 9.40. The molecule has 0 unspecified atom stereocenters. The molecule has 0 saturated carbocycles. The molecule has 3 rings (SSSR count). The van der Waals surface area contributed by atoms with E-state index in [0.717, 1.165) is 13.1 Å². The van der Waals surface area contributed by atoms with Crippen LogP contribution in [0.4, 0.5) is 0 Å². The van der Waals surface area contributed by atoms with Crippen molar-refractivity contribution < 1.29 is 5.11 Å². The number of hydrogen-bond acceptors (Lipinski definition) is 2. The van der Waals surface area contributed by atoms with Crippen molar-refractivity contribution >= 4 is 0 Å². The Morgan fingerprint density at radius 3 is 2.14 bits per heavy atom. The molecule has 0 spiro atoms. The van der Waals surface area contributed by atoms with Gasteiger partial charge in [0.2, 0.25) is 0 Å². The highest BCUT2D eigenvalue weighted by Crippen LogP contribution is 2.42. The van der Waals surface area contributed by atoms with Crippen LogP contribution in [-0.4, -0.2) is 29.7 Å². The van der Waals surface area contributed by atoms with E-state index in [2.05, 4.69) is 65.6 Å². The van der Waals surface area contributed by atoms with E-state index in [-0.39, 0.29) is 6.61 Å². The summed E-state index contributed by atoms with van der Waals surface area (Å²) in [6.45, 7) is 2.05. The summed E-state index contributed by atoms with van der Waals surface area (Å²) in [4.78, 5) is 2.44. The minimum absolute atomic E-state index is 0.227. The normalized spacial score (nSPS) is 23.1. The topological polar surface area (TPSA) is 23.5 Å². The molecule has 2 atom stereocenters. The molecular weight excluding hydrogens is 258 g/mol. The van der Waals surface area contributed by atoms with Crippen LogP contribution in [0, 0.1) is 0 Å². The molecule has 0 amide bonds. The number of benzene rings is 2. The van der Waals surface area contributed by atoms with E-state index in [1.807, 2.05) is 0 Å². The lowest BCUT2D eigenvalue weighted by atomic mass is 9.80. The molecule has 2 aromatic rings. The summed E-state index contributed by atoms with van der Waals surface area (Å²) in [7, 11) is 0. The monoisotopic (exact) mass is 281 g/mol. The number of β-amino-alcohol motifs (C(OH)–C–C–N with tert-alkyl or cyclic N) is 1. The van der Waals surface area contributed by atoms with E-state index in [0.29, 0.717) is 12.0 Å². The van der Waals surface area contributed by atoms with Crippen molar-refractivity contribution in [1.82, 2.24) is 4.90 Å². The van der Waals surface area contributed by atoms with E-state index in [1.165, 1.54) is 24.0 Å². The fraction of sp³-hybridized carbons (Fsp3) is 0.368. The van der Waals surface area contributed by atoms with Crippen LogP contribution in [0.15, 0.2) is 60.7 Å². The summed E-state index contributed by atoms with van der Waals surface area (Å²) in [6.07, 6.45) is 2.41. The smallest absolute Gasteiger partial charge is 0.0558 e. The van der Waals surface area contributed by atoms with E-state index in [1.54, 1.807) is 0 Å². The first kappa shape index (κ1) is 14.3. The quantitative estimate of drug-likeness (QED) is 0.925. The molecule has 2 nitrogen and oxygen atoms in total. The molecular formula is C19H23NO. The Hall–Kier alpha value is -1.64. The van der Waals surface area contributed by atoms with Crippen molar-refractivity contribution in [3.63, 3.8) is 0 Å². The Bertz CT molecular complexity index is 538. The van der Waals surface area contributed by atoms with Gasteiger partial charge in [-0.2, -0.15) is 0 Å². The van der Waals surface area contributed by atoms with Gasteiger partial charge >= 0.3 is 0 Å². The highest BCUT2D eigenvalue weighted by atomic mass is 16.3. The number of rotatable bonds is 4. The van der Waals surface area contributed by atoms with E-state index in [4.69, 9.17) is 0 Å². The molecule has 1 heterocycles. The first-order chi connectivity index (χ1) is 10.4. The van der Waals surface area contributed by atoms with Crippen LogP contribution < -0.4 is 0 Å². The minimum Gasteiger partial charge on any atom is -0.395 e. The van der Waals surface area contributed by atoms with Crippen LogP contribution in [0.1, 0.15) is 35.9 Å². The number of likely N-dealkylation sites (tertiary alicyclic amines) is 1. The number of aliphatic hydroxyl groups excluding tert-OH is 1. The lowest BCUT2D eigenvalue weighted by Crippen LogP contribution is -2.39. The number of nitrogens with zero attached hydrogens (tertiary/aromatic N) is 1. The van der Waals surface area contributed by atoms with Gasteiger partial charge in [0.05, 0.1) is 6.61 Å². The summed E-state index contributed by atoms with van der Waals surface area (Å²) >= 11 is 0. The van der Waals surface area contributed by atoms with Gasteiger partial charge in [-0.05, 0) is 30.5 Å². The Morgan fingerprint density at radius 1 is 0.905 bits per heavy atom. The zero-order chi connectivity index (χ0) is 14.5. The largest absolute Gasteiger partial charge is 0.395 e. The maximum Gasteiger partial charge on any atom is 0.0558 e. The molecule has 1 N–H and O–H groups in total. The predicted molar refractivity (Wildman–Crippen MR) is 86.3 cm³/mol. The minimum atomic E-state index is 0.227. The lowest BCUT2D eigenvalue weighted by Gasteiger charge is -2.42. The zero-order valence-corrected chi connectivity index (χ0v) is 12.4. The predicted octanol–water partition coefficient (Wildman–Crippen LogP) is 3.60. The molecule has 0 aromatic heterocycles. The third-order valence-corrected chi connectivity index (χ3v) is 4.49. The molecule has 0 aliphatic carbocycles. The third kappa shape index (κ3) is 3.17. The van der Waals surface area contributed by atoms with Gasteiger partial charge in [-0.1, -0.05) is 60.7 Å². The van der Waals surface area contributed by atoms with Gasteiger partial charge in [0.15, 0.2) is 0 Å². The number of aliphatic hydroxyl groups is 1. The molecule has 1 aliphatic rings. The molecule has 2 heteroatoms. The van der Waals surface area contributed by atoms with Crippen LogP contribution in [-0.2, 0) is 0 Å². The molecule has 1 saturated heterocycles. The van der Waals surface area contributed by atoms with Crippen LogP contribution >= 0.6 is 0 Å². The van der Waals surface area contributed by atoms with Crippen molar-refractivity contribution in [3.05, 3.63) is 71.8 Å². The third-order valence-electron chi connectivity index (χ3n) is 4.49. The van der Waals surface area contributed by atoms with Gasteiger partial charge in [0, 0.05) is 18.5 Å². The first-order valence-electron chi connectivity index (χ1n) is 7.85. The molecule has 0 radical (unpaired) electrons. The SMILES string of the molecule is OCCN1CCC[C@@H](c2ccccc2)[C@H]1c1ccccc1. The van der Waals surface area contributed by atoms with Crippen molar-refractivity contribution in [3.8, 4) is 0 Å². The molecule has 110 valence electrons. The maximum absolute atomic E-state index is 9.40. The summed E-state index contributed by atoms with van der Waals surface area (Å²) in [5.41, 5.74) is 2.77. The van der Waals surface area contributed by atoms with Crippen molar-refractivity contribution in [2.24, 2.45) is 0 Å². The van der Waals surface area contributed by atoms with Gasteiger partial charge in [-0.15, -0.1) is 0 Å². The molecule has 2 aromatic carbocycles. The fourth-order valence-corrected chi connectivity index (χ4v) is 3.59. The van der Waals surface area contributed by atoms with Gasteiger partial charge in [0.1, 0.15) is 0 Å². The summed E-state index contributed by atoms with van der Waals surface area (Å²) in [5.74, 6) is 0.508. The molecule has 21 heavy (non-hydrogen) atoms.